The highest BCUT2D eigenvalue weighted by Crippen LogP contribution is 2.29. The van der Waals surface area contributed by atoms with Crippen LogP contribution in [0, 0.1) is 11.6 Å². The molecule has 0 amide bonds. The van der Waals surface area contributed by atoms with Gasteiger partial charge in [0, 0.05) is 6.04 Å². The van der Waals surface area contributed by atoms with Gasteiger partial charge in [-0.1, -0.05) is 13.0 Å². The summed E-state index contributed by atoms with van der Waals surface area (Å²) in [5.74, 6) is -1.65. The molecule has 1 atom stereocenters. The third kappa shape index (κ3) is 2.12. The average molecular weight is 264 g/mol. The molecule has 1 nitrogen and oxygen atoms in total. The zero-order valence-corrected chi connectivity index (χ0v) is 9.66. The molecule has 0 spiro atoms. The summed E-state index contributed by atoms with van der Waals surface area (Å²) in [4.78, 5) is 0. The van der Waals surface area contributed by atoms with E-state index in [4.69, 9.17) is 0 Å². The fourth-order valence-electron chi connectivity index (χ4n) is 1.39. The van der Waals surface area contributed by atoms with Crippen molar-refractivity contribution in [2.75, 3.05) is 7.05 Å². The highest BCUT2D eigenvalue weighted by molar-refractivity contribution is 9.10. The minimum atomic E-state index is -0.827. The molecule has 0 bridgehead atoms. The van der Waals surface area contributed by atoms with Crippen LogP contribution < -0.4 is 5.32 Å². The van der Waals surface area contributed by atoms with Crippen LogP contribution in [0.4, 0.5) is 8.78 Å². The van der Waals surface area contributed by atoms with Gasteiger partial charge in [0.05, 0.1) is 4.47 Å². The van der Waals surface area contributed by atoms with Crippen molar-refractivity contribution in [1.29, 1.82) is 0 Å². The molecule has 0 radical (unpaired) electrons. The van der Waals surface area contributed by atoms with Crippen molar-refractivity contribution < 1.29 is 8.78 Å². The van der Waals surface area contributed by atoms with E-state index in [1.807, 2.05) is 6.92 Å². The molecule has 0 aliphatic heterocycles. The van der Waals surface area contributed by atoms with Crippen LogP contribution in [-0.4, -0.2) is 7.05 Å². The van der Waals surface area contributed by atoms with Crippen molar-refractivity contribution in [2.45, 2.75) is 19.4 Å². The smallest absolute Gasteiger partial charge is 0.173 e. The van der Waals surface area contributed by atoms with Crippen LogP contribution in [-0.2, 0) is 0 Å². The van der Waals surface area contributed by atoms with Crippen molar-refractivity contribution in [3.8, 4) is 0 Å². The quantitative estimate of drug-likeness (QED) is 0.825. The van der Waals surface area contributed by atoms with Crippen molar-refractivity contribution in [3.05, 3.63) is 33.8 Å². The summed E-state index contributed by atoms with van der Waals surface area (Å²) in [6, 6.07) is 2.78. The Morgan fingerprint density at radius 1 is 1.43 bits per heavy atom. The van der Waals surface area contributed by atoms with Gasteiger partial charge in [-0.25, -0.2) is 8.78 Å². The van der Waals surface area contributed by atoms with Gasteiger partial charge in [-0.2, -0.15) is 0 Å². The molecule has 1 unspecified atom stereocenters. The second-order valence-electron chi connectivity index (χ2n) is 3.01. The second-order valence-corrected chi connectivity index (χ2v) is 3.81. The molecule has 0 aromatic heterocycles. The van der Waals surface area contributed by atoms with Crippen LogP contribution in [0.2, 0.25) is 0 Å². The minimum absolute atomic E-state index is 0.0412. The summed E-state index contributed by atoms with van der Waals surface area (Å²) in [7, 11) is 1.79. The minimum Gasteiger partial charge on any atom is -0.313 e. The Hall–Kier alpha value is -0.480. The van der Waals surface area contributed by atoms with Gasteiger partial charge < -0.3 is 5.32 Å². The molecule has 1 aromatic carbocycles. The molecule has 0 saturated heterocycles. The Morgan fingerprint density at radius 2 is 2.07 bits per heavy atom. The van der Waals surface area contributed by atoms with E-state index in [0.29, 0.717) is 0 Å². The number of hydrogen-bond acceptors (Lipinski definition) is 1. The van der Waals surface area contributed by atoms with Crippen molar-refractivity contribution in [2.24, 2.45) is 0 Å². The van der Waals surface area contributed by atoms with Crippen molar-refractivity contribution >= 4 is 15.9 Å². The van der Waals surface area contributed by atoms with Crippen LogP contribution in [0.25, 0.3) is 0 Å². The molecule has 0 fully saturated rings. The van der Waals surface area contributed by atoms with E-state index >= 15 is 0 Å². The standard InChI is InChI=1S/C10H12BrF2N/c1-3-8(14-2)6-4-5-7(12)10(13)9(6)11/h4-5,8,14H,3H2,1-2H3. The van der Waals surface area contributed by atoms with Crippen LogP contribution in [0.3, 0.4) is 0 Å². The maximum atomic E-state index is 13.2. The first-order valence-electron chi connectivity index (χ1n) is 4.42. The molecule has 4 heteroatoms. The van der Waals surface area contributed by atoms with E-state index in [9.17, 15) is 8.78 Å². The van der Waals surface area contributed by atoms with E-state index in [1.54, 1.807) is 13.1 Å². The fraction of sp³-hybridized carbons (Fsp3) is 0.400. The predicted octanol–water partition coefficient (Wildman–Crippen LogP) is 3.40. The third-order valence-corrected chi connectivity index (χ3v) is 3.00. The van der Waals surface area contributed by atoms with Gasteiger partial charge >= 0.3 is 0 Å². The molecule has 1 aromatic rings. The summed E-state index contributed by atoms with van der Waals surface area (Å²) in [5, 5.41) is 3.04. The lowest BCUT2D eigenvalue weighted by Gasteiger charge is -2.16. The van der Waals surface area contributed by atoms with Crippen LogP contribution >= 0.6 is 15.9 Å². The van der Waals surface area contributed by atoms with E-state index < -0.39 is 11.6 Å². The zero-order chi connectivity index (χ0) is 10.7. The van der Waals surface area contributed by atoms with Crippen LogP contribution in [0.15, 0.2) is 16.6 Å². The summed E-state index contributed by atoms with van der Waals surface area (Å²) in [6.45, 7) is 1.98. The van der Waals surface area contributed by atoms with E-state index in [-0.39, 0.29) is 10.5 Å². The molecular formula is C10H12BrF2N. The highest BCUT2D eigenvalue weighted by atomic mass is 79.9. The summed E-state index contributed by atoms with van der Waals surface area (Å²) in [5.41, 5.74) is 0.744. The normalized spacial score (nSPS) is 12.9. The van der Waals surface area contributed by atoms with Gasteiger partial charge in [-0.05, 0) is 41.0 Å². The summed E-state index contributed by atoms with van der Waals surface area (Å²) in [6.07, 6.45) is 0.820. The monoisotopic (exact) mass is 263 g/mol. The molecular weight excluding hydrogens is 252 g/mol. The molecule has 1 N–H and O–H groups in total. The van der Waals surface area contributed by atoms with Crippen molar-refractivity contribution in [3.63, 3.8) is 0 Å². The number of rotatable bonds is 3. The maximum absolute atomic E-state index is 13.2. The molecule has 1 rings (SSSR count). The Kier molecular flexibility index (Phi) is 4.01. The molecule has 0 aliphatic carbocycles. The Bertz CT molecular complexity index is 324. The topological polar surface area (TPSA) is 12.0 Å². The lowest BCUT2D eigenvalue weighted by molar-refractivity contribution is 0.494. The lowest BCUT2D eigenvalue weighted by atomic mass is 10.0. The maximum Gasteiger partial charge on any atom is 0.173 e. The van der Waals surface area contributed by atoms with E-state index in [0.717, 1.165) is 18.1 Å². The first-order valence-corrected chi connectivity index (χ1v) is 5.21. The van der Waals surface area contributed by atoms with Gasteiger partial charge in [0.1, 0.15) is 0 Å². The van der Waals surface area contributed by atoms with E-state index in [2.05, 4.69) is 21.2 Å². The average Bonchev–Trinajstić information content (AvgIpc) is 2.19. The second kappa shape index (κ2) is 4.84. The lowest BCUT2D eigenvalue weighted by Crippen LogP contribution is -2.16. The number of halogens is 3. The largest absolute Gasteiger partial charge is 0.313 e. The molecule has 14 heavy (non-hydrogen) atoms. The molecule has 78 valence electrons. The van der Waals surface area contributed by atoms with Gasteiger partial charge in [0.25, 0.3) is 0 Å². The number of benzene rings is 1. The van der Waals surface area contributed by atoms with Gasteiger partial charge in [0.15, 0.2) is 11.6 Å². The Balaban J connectivity index is 3.16. The highest BCUT2D eigenvalue weighted by Gasteiger charge is 2.16. The van der Waals surface area contributed by atoms with E-state index in [1.165, 1.54) is 0 Å². The number of hydrogen-bond donors (Lipinski definition) is 1. The molecule has 0 aliphatic rings. The van der Waals surface area contributed by atoms with Gasteiger partial charge in [0.2, 0.25) is 0 Å². The summed E-state index contributed by atoms with van der Waals surface area (Å²) < 4.78 is 26.2. The molecule has 0 saturated carbocycles. The fourth-order valence-corrected chi connectivity index (χ4v) is 1.99. The number of nitrogens with one attached hydrogen (secondary N) is 1. The first-order chi connectivity index (χ1) is 6.61. The third-order valence-electron chi connectivity index (χ3n) is 2.20. The Labute approximate surface area is 90.6 Å². The first kappa shape index (κ1) is 11.6. The zero-order valence-electron chi connectivity index (χ0n) is 8.07. The Morgan fingerprint density at radius 3 is 2.57 bits per heavy atom. The predicted molar refractivity (Wildman–Crippen MR) is 56.1 cm³/mol. The SMILES string of the molecule is CCC(NC)c1ccc(F)c(F)c1Br. The van der Waals surface area contributed by atoms with Crippen LogP contribution in [0.1, 0.15) is 24.9 Å². The van der Waals surface area contributed by atoms with Gasteiger partial charge in [-0.15, -0.1) is 0 Å². The van der Waals surface area contributed by atoms with Gasteiger partial charge in [-0.3, -0.25) is 0 Å². The summed E-state index contributed by atoms with van der Waals surface area (Å²) >= 11 is 3.06. The van der Waals surface area contributed by atoms with Crippen LogP contribution in [0.5, 0.6) is 0 Å². The van der Waals surface area contributed by atoms with Crippen molar-refractivity contribution in [1.82, 2.24) is 5.32 Å². The molecule has 0 heterocycles.